The summed E-state index contributed by atoms with van der Waals surface area (Å²) in [6, 6.07) is 8.37. The van der Waals surface area contributed by atoms with Crippen molar-refractivity contribution >= 4 is 11.2 Å². The van der Waals surface area contributed by atoms with Gasteiger partial charge in [0.1, 0.15) is 35.8 Å². The number of aliphatic hydroxyl groups excluding tert-OH is 1. The Kier molecular flexibility index (Phi) is 4.45. The molecular formula is C17H13F2NO3S. The normalized spacial score (nSPS) is 20.3. The number of nitrogens with zero attached hydrogens (tertiary/aromatic N) is 1. The lowest BCUT2D eigenvalue weighted by Crippen LogP contribution is -2.10. The molecule has 1 aliphatic carbocycles. The van der Waals surface area contributed by atoms with Crippen molar-refractivity contribution in [1.29, 1.82) is 5.26 Å². The van der Waals surface area contributed by atoms with Gasteiger partial charge in [-0.2, -0.15) is 5.26 Å². The van der Waals surface area contributed by atoms with E-state index in [0.717, 1.165) is 12.1 Å². The van der Waals surface area contributed by atoms with Crippen LogP contribution in [0.4, 0.5) is 8.78 Å². The number of halogens is 2. The fraction of sp³-hybridized carbons (Fsp3) is 0.235. The molecule has 2 aromatic rings. The highest BCUT2D eigenvalue weighted by atomic mass is 32.2. The third kappa shape index (κ3) is 2.96. The minimum Gasteiger partial charge on any atom is -0.612 e. The van der Waals surface area contributed by atoms with Gasteiger partial charge in [0, 0.05) is 23.6 Å². The van der Waals surface area contributed by atoms with Crippen LogP contribution in [0.2, 0.25) is 0 Å². The largest absolute Gasteiger partial charge is 0.612 e. The van der Waals surface area contributed by atoms with Crippen molar-refractivity contribution in [3.05, 3.63) is 52.8 Å². The lowest BCUT2D eigenvalue weighted by atomic mass is 10.1. The first kappa shape index (κ1) is 16.7. The molecular weight excluding hydrogens is 336 g/mol. The van der Waals surface area contributed by atoms with E-state index in [2.05, 4.69) is 0 Å². The molecule has 1 aliphatic rings. The molecule has 1 N–H and O–H groups in total. The number of hydrogen-bond donors (Lipinski definition) is 1. The maximum absolute atomic E-state index is 13.9. The number of fused-ring (bicyclic) bond motifs is 1. The lowest BCUT2D eigenvalue weighted by molar-refractivity contribution is 0.0907. The predicted octanol–water partition coefficient (Wildman–Crippen LogP) is 3.15. The second kappa shape index (κ2) is 6.40. The molecule has 2 aromatic carbocycles. The minimum absolute atomic E-state index is 0.0860. The summed E-state index contributed by atoms with van der Waals surface area (Å²) in [7, 11) is 0. The van der Waals surface area contributed by atoms with Crippen LogP contribution in [0.25, 0.3) is 0 Å². The lowest BCUT2D eigenvalue weighted by Gasteiger charge is -2.15. The van der Waals surface area contributed by atoms with Gasteiger partial charge in [0.15, 0.2) is 4.90 Å². The number of hydrogen-bond acceptors (Lipinski definition) is 4. The Labute approximate surface area is 140 Å². The number of nitriles is 1. The molecule has 3 unspecified atom stereocenters. The minimum atomic E-state index is -1.52. The van der Waals surface area contributed by atoms with Crippen LogP contribution in [-0.2, 0) is 17.6 Å². The molecule has 0 aliphatic heterocycles. The monoisotopic (exact) mass is 349 g/mol. The molecule has 124 valence electrons. The van der Waals surface area contributed by atoms with Crippen LogP contribution in [0.3, 0.4) is 0 Å². The van der Waals surface area contributed by atoms with Gasteiger partial charge >= 0.3 is 0 Å². The average Bonchev–Trinajstić information content (AvgIpc) is 2.83. The molecule has 7 heteroatoms. The molecule has 0 aromatic heterocycles. The van der Waals surface area contributed by atoms with Crippen molar-refractivity contribution < 1.29 is 23.2 Å². The summed E-state index contributed by atoms with van der Waals surface area (Å²) < 4.78 is 44.9. The first-order chi connectivity index (χ1) is 11.4. The zero-order chi connectivity index (χ0) is 17.4. The summed E-state index contributed by atoms with van der Waals surface area (Å²) in [5, 5.41) is 18.9. The first-order valence-corrected chi connectivity index (χ1v) is 8.66. The number of alkyl halides is 1. The molecule has 0 amide bonds. The van der Waals surface area contributed by atoms with Crippen molar-refractivity contribution in [3.8, 4) is 17.6 Å². The molecule has 0 saturated carbocycles. The maximum Gasteiger partial charge on any atom is 0.158 e. The fourth-order valence-corrected chi connectivity index (χ4v) is 3.62. The zero-order valence-electron chi connectivity index (χ0n) is 12.6. The van der Waals surface area contributed by atoms with Gasteiger partial charge in [0.05, 0.1) is 11.6 Å². The first-order valence-electron chi connectivity index (χ1n) is 7.10. The summed E-state index contributed by atoms with van der Waals surface area (Å²) in [6.07, 6.45) is -1.53. The molecule has 0 heterocycles. The van der Waals surface area contributed by atoms with Gasteiger partial charge < -0.3 is 14.4 Å². The van der Waals surface area contributed by atoms with E-state index in [-0.39, 0.29) is 29.0 Å². The summed E-state index contributed by atoms with van der Waals surface area (Å²) in [5.74, 6) is -0.292. The third-order valence-corrected chi connectivity index (χ3v) is 4.82. The van der Waals surface area contributed by atoms with Crippen LogP contribution >= 0.6 is 0 Å². The fourth-order valence-electron chi connectivity index (χ4n) is 2.80. The van der Waals surface area contributed by atoms with Crippen LogP contribution in [0.1, 0.15) is 22.8 Å². The van der Waals surface area contributed by atoms with Crippen LogP contribution in [-0.4, -0.2) is 22.1 Å². The highest BCUT2D eigenvalue weighted by Gasteiger charge is 2.38. The molecule has 4 nitrogen and oxygen atoms in total. The summed E-state index contributed by atoms with van der Waals surface area (Å²) in [4.78, 5) is 0.349. The van der Waals surface area contributed by atoms with Crippen molar-refractivity contribution in [3.63, 3.8) is 0 Å². The molecule has 24 heavy (non-hydrogen) atoms. The van der Waals surface area contributed by atoms with Gasteiger partial charge in [-0.25, -0.2) is 8.78 Å². The van der Waals surface area contributed by atoms with Crippen LogP contribution in [0.15, 0.2) is 35.2 Å². The number of rotatable bonds is 3. The van der Waals surface area contributed by atoms with E-state index in [1.165, 1.54) is 24.5 Å². The molecule has 0 fully saturated rings. The van der Waals surface area contributed by atoms with E-state index >= 15 is 0 Å². The van der Waals surface area contributed by atoms with E-state index < -0.39 is 29.3 Å². The van der Waals surface area contributed by atoms with Crippen LogP contribution in [0.5, 0.6) is 11.5 Å². The average molecular weight is 349 g/mol. The quantitative estimate of drug-likeness (QED) is 0.864. The smallest absolute Gasteiger partial charge is 0.158 e. The molecule has 3 rings (SSSR count). The topological polar surface area (TPSA) is 76.3 Å². The summed E-state index contributed by atoms with van der Waals surface area (Å²) >= 11 is -1.40. The van der Waals surface area contributed by atoms with E-state index in [1.807, 2.05) is 6.07 Å². The Morgan fingerprint density at radius 3 is 2.79 bits per heavy atom. The van der Waals surface area contributed by atoms with E-state index in [9.17, 15) is 18.4 Å². The van der Waals surface area contributed by atoms with Crippen LogP contribution in [0, 0.1) is 17.1 Å². The number of ether oxygens (including phenoxy) is 1. The van der Waals surface area contributed by atoms with Gasteiger partial charge in [-0.1, -0.05) is 0 Å². The number of benzene rings is 2. The van der Waals surface area contributed by atoms with Gasteiger partial charge in [-0.15, -0.1) is 0 Å². The molecule has 0 radical (unpaired) electrons. The van der Waals surface area contributed by atoms with Crippen molar-refractivity contribution in [2.75, 3.05) is 6.26 Å². The Hall–Kier alpha value is -2.14. The van der Waals surface area contributed by atoms with Gasteiger partial charge in [0.2, 0.25) is 0 Å². The van der Waals surface area contributed by atoms with Gasteiger partial charge in [0.25, 0.3) is 0 Å². The van der Waals surface area contributed by atoms with E-state index in [4.69, 9.17) is 10.00 Å². The Morgan fingerprint density at radius 1 is 1.38 bits per heavy atom. The zero-order valence-corrected chi connectivity index (χ0v) is 13.4. The molecule has 3 atom stereocenters. The van der Waals surface area contributed by atoms with Gasteiger partial charge in [-0.05, 0) is 35.4 Å². The van der Waals surface area contributed by atoms with E-state index in [1.54, 1.807) is 0 Å². The summed E-state index contributed by atoms with van der Waals surface area (Å²) in [5.41, 5.74) is 0.763. The van der Waals surface area contributed by atoms with Gasteiger partial charge in [-0.3, -0.25) is 0 Å². The van der Waals surface area contributed by atoms with Crippen LogP contribution < -0.4 is 4.74 Å². The molecule has 0 bridgehead atoms. The van der Waals surface area contributed by atoms with Crippen molar-refractivity contribution in [2.45, 2.75) is 23.6 Å². The second-order valence-corrected chi connectivity index (χ2v) is 6.81. The highest BCUT2D eigenvalue weighted by Crippen LogP contribution is 2.43. The van der Waals surface area contributed by atoms with E-state index in [0.29, 0.717) is 10.5 Å². The number of aliphatic hydroxyl groups is 1. The Bertz CT molecular complexity index is 835. The molecule has 0 saturated heterocycles. The summed E-state index contributed by atoms with van der Waals surface area (Å²) in [6.45, 7) is 0. The predicted molar refractivity (Wildman–Crippen MR) is 83.5 cm³/mol. The van der Waals surface area contributed by atoms with Crippen molar-refractivity contribution in [1.82, 2.24) is 0 Å². The highest BCUT2D eigenvalue weighted by molar-refractivity contribution is 7.90. The maximum atomic E-state index is 13.9. The SMILES string of the molecule is C[S+]([O-])c1ccc(Oc2cc(F)cc(C#N)c2)c2c1C(O)C(F)C2. The second-order valence-electron chi connectivity index (χ2n) is 5.46. The Morgan fingerprint density at radius 2 is 2.12 bits per heavy atom. The third-order valence-electron chi connectivity index (χ3n) is 3.85. The molecule has 0 spiro atoms. The van der Waals surface area contributed by atoms with Crippen molar-refractivity contribution in [2.24, 2.45) is 0 Å². The Balaban J connectivity index is 2.05. The standard InChI is InChI=1S/C17H13F2NO3S/c1-24(22)15-3-2-14(12-7-13(19)17(21)16(12)15)23-11-5-9(8-20)4-10(18)6-11/h2-6,13,17,21H,7H2,1H3.